The summed E-state index contributed by atoms with van der Waals surface area (Å²) >= 11 is 0. The molecule has 1 aliphatic heterocycles. The van der Waals surface area contributed by atoms with Gasteiger partial charge >= 0.3 is 0 Å². The number of hydrogen-bond acceptors (Lipinski definition) is 5. The van der Waals surface area contributed by atoms with Gasteiger partial charge in [-0.25, -0.2) is 0 Å². The van der Waals surface area contributed by atoms with Gasteiger partial charge in [0.15, 0.2) is 23.4 Å². The maximum atomic E-state index is 12.8. The fourth-order valence-corrected chi connectivity index (χ4v) is 5.24. The lowest BCUT2D eigenvalue weighted by Crippen LogP contribution is -3.00. The number of benzene rings is 1. The van der Waals surface area contributed by atoms with E-state index in [2.05, 4.69) is 11.9 Å². The van der Waals surface area contributed by atoms with Crippen molar-refractivity contribution in [2.75, 3.05) is 20.1 Å². The SMILES string of the molecule is CN(CC[C@]12c3c4ccc(O)c3OC1C(=O)CC[C@@]2(O)C=C4)CC1CC1.[Br-]. The Morgan fingerprint density at radius 1 is 1.33 bits per heavy atom. The average molecular weight is 435 g/mol. The normalized spacial score (nSPS) is 32.9. The Balaban J connectivity index is 0.00000180. The summed E-state index contributed by atoms with van der Waals surface area (Å²) in [5.41, 5.74) is -0.166. The summed E-state index contributed by atoms with van der Waals surface area (Å²) in [6.45, 7) is 1.85. The zero-order valence-electron chi connectivity index (χ0n) is 15.4. The van der Waals surface area contributed by atoms with Gasteiger partial charge in [-0.1, -0.05) is 18.2 Å². The lowest BCUT2D eigenvalue weighted by molar-refractivity contribution is -0.144. The van der Waals surface area contributed by atoms with Crippen LogP contribution in [0.25, 0.3) is 6.08 Å². The number of carbonyl (C=O) groups is 1. The fourth-order valence-electron chi connectivity index (χ4n) is 5.24. The van der Waals surface area contributed by atoms with Gasteiger partial charge in [0.25, 0.3) is 0 Å². The molecule has 0 spiro atoms. The molecule has 146 valence electrons. The minimum atomic E-state index is -1.11. The van der Waals surface area contributed by atoms with E-state index in [1.54, 1.807) is 6.07 Å². The van der Waals surface area contributed by atoms with Crippen LogP contribution in [-0.4, -0.2) is 52.7 Å². The molecule has 27 heavy (non-hydrogen) atoms. The van der Waals surface area contributed by atoms with E-state index in [1.165, 1.54) is 12.8 Å². The highest BCUT2D eigenvalue weighted by atomic mass is 79.9. The zero-order chi connectivity index (χ0) is 18.1. The molecule has 1 aromatic carbocycles. The number of rotatable bonds is 5. The molecule has 4 aliphatic rings. The quantitative estimate of drug-likeness (QED) is 0.637. The third-order valence-corrected chi connectivity index (χ3v) is 6.81. The van der Waals surface area contributed by atoms with Crippen LogP contribution in [0, 0.1) is 5.92 Å². The molecular formula is C21H25BrNO4-. The number of Topliss-reactive ketones (excluding diaryl/α,β-unsaturated/α-hetero) is 1. The first-order valence-electron chi connectivity index (χ1n) is 9.60. The van der Waals surface area contributed by atoms with Crippen LogP contribution in [0.15, 0.2) is 18.2 Å². The van der Waals surface area contributed by atoms with Crippen molar-refractivity contribution in [1.29, 1.82) is 0 Å². The molecule has 5 rings (SSSR count). The molecule has 3 atom stereocenters. The van der Waals surface area contributed by atoms with Crippen LogP contribution in [0.1, 0.15) is 43.2 Å². The zero-order valence-corrected chi connectivity index (χ0v) is 17.0. The number of halogens is 1. The number of aromatic hydroxyl groups is 1. The molecule has 6 heteroatoms. The minimum absolute atomic E-state index is 0. The Labute approximate surface area is 169 Å². The highest BCUT2D eigenvalue weighted by Crippen LogP contribution is 2.61. The molecule has 2 saturated carbocycles. The van der Waals surface area contributed by atoms with E-state index < -0.39 is 17.1 Å². The predicted octanol–water partition coefficient (Wildman–Crippen LogP) is -0.752. The van der Waals surface area contributed by atoms with E-state index in [1.807, 2.05) is 18.2 Å². The van der Waals surface area contributed by atoms with Crippen LogP contribution in [0.2, 0.25) is 0 Å². The molecule has 0 aromatic heterocycles. The molecular weight excluding hydrogens is 410 g/mol. The van der Waals surface area contributed by atoms with Gasteiger partial charge in [-0.15, -0.1) is 0 Å². The summed E-state index contributed by atoms with van der Waals surface area (Å²) in [7, 11) is 2.11. The monoisotopic (exact) mass is 434 g/mol. The van der Waals surface area contributed by atoms with Crippen molar-refractivity contribution in [1.82, 2.24) is 4.90 Å². The number of carbonyl (C=O) groups excluding carboxylic acids is 1. The Hall–Kier alpha value is -1.37. The highest BCUT2D eigenvalue weighted by molar-refractivity contribution is 5.91. The standard InChI is InChI=1S/C21H25NO4.BrH/c1-22(12-13-2-3-13)11-10-21-17-14-4-5-15(23)18(17)26-19(21)16(24)7-9-20(21,25)8-6-14;/h4-6,8,13,19,23,25H,2-3,7,9-12H2,1H3;1H/p-1/t19?,20-,21-;/m0./s1. The summed E-state index contributed by atoms with van der Waals surface area (Å²) < 4.78 is 6.02. The summed E-state index contributed by atoms with van der Waals surface area (Å²) in [4.78, 5) is 15.1. The van der Waals surface area contributed by atoms with Gasteiger partial charge in [-0.2, -0.15) is 0 Å². The summed E-state index contributed by atoms with van der Waals surface area (Å²) in [5, 5.41) is 21.9. The lowest BCUT2D eigenvalue weighted by atomic mass is 9.54. The van der Waals surface area contributed by atoms with Gasteiger partial charge in [0.2, 0.25) is 0 Å². The second-order valence-electron chi connectivity index (χ2n) is 8.53. The highest BCUT2D eigenvalue weighted by Gasteiger charge is 2.66. The first-order valence-corrected chi connectivity index (χ1v) is 9.60. The number of aliphatic hydroxyl groups is 1. The number of phenols is 1. The number of ketones is 1. The summed E-state index contributed by atoms with van der Waals surface area (Å²) in [6.07, 6.45) is 6.98. The molecule has 3 aliphatic carbocycles. The topological polar surface area (TPSA) is 70.0 Å². The fraction of sp³-hybridized carbons (Fsp3) is 0.571. The van der Waals surface area contributed by atoms with Crippen LogP contribution < -0.4 is 21.7 Å². The smallest absolute Gasteiger partial charge is 0.174 e. The molecule has 2 fully saturated rings. The molecule has 1 heterocycles. The average Bonchev–Trinajstić information content (AvgIpc) is 3.34. The van der Waals surface area contributed by atoms with Crippen LogP contribution in [-0.2, 0) is 10.2 Å². The van der Waals surface area contributed by atoms with Crippen LogP contribution in [0.3, 0.4) is 0 Å². The maximum absolute atomic E-state index is 12.8. The van der Waals surface area contributed by atoms with Gasteiger partial charge in [-0.3, -0.25) is 4.79 Å². The third-order valence-electron chi connectivity index (χ3n) is 6.81. The first-order chi connectivity index (χ1) is 12.4. The van der Waals surface area contributed by atoms with Gasteiger partial charge < -0.3 is 36.8 Å². The second kappa shape index (κ2) is 6.33. The van der Waals surface area contributed by atoms with E-state index >= 15 is 0 Å². The van der Waals surface area contributed by atoms with E-state index in [0.717, 1.165) is 30.1 Å². The maximum Gasteiger partial charge on any atom is 0.174 e. The van der Waals surface area contributed by atoms with Crippen molar-refractivity contribution in [2.24, 2.45) is 5.92 Å². The summed E-state index contributed by atoms with van der Waals surface area (Å²) in [5.74, 6) is 1.25. The van der Waals surface area contributed by atoms with Crippen molar-refractivity contribution in [3.63, 3.8) is 0 Å². The number of ether oxygens (including phenoxy) is 1. The van der Waals surface area contributed by atoms with E-state index in [9.17, 15) is 15.0 Å². The van der Waals surface area contributed by atoms with Crippen LogP contribution in [0.5, 0.6) is 11.5 Å². The largest absolute Gasteiger partial charge is 1.00 e. The van der Waals surface area contributed by atoms with E-state index in [0.29, 0.717) is 25.0 Å². The Morgan fingerprint density at radius 2 is 2.11 bits per heavy atom. The van der Waals surface area contributed by atoms with Gasteiger partial charge in [0.1, 0.15) is 0 Å². The van der Waals surface area contributed by atoms with Crippen molar-refractivity contribution < 1.29 is 36.7 Å². The molecule has 5 nitrogen and oxygen atoms in total. The Kier molecular flexibility index (Phi) is 4.44. The van der Waals surface area contributed by atoms with Gasteiger partial charge in [0.05, 0.1) is 11.0 Å². The predicted molar refractivity (Wildman–Crippen MR) is 97.3 cm³/mol. The number of phenolic OH excluding ortho intramolecular Hbond substituents is 1. The minimum Gasteiger partial charge on any atom is -1.00 e. The molecule has 1 unspecified atom stereocenters. The first kappa shape index (κ1) is 19.0. The van der Waals surface area contributed by atoms with E-state index in [-0.39, 0.29) is 28.5 Å². The van der Waals surface area contributed by atoms with Gasteiger partial charge in [0, 0.05) is 18.5 Å². The van der Waals surface area contributed by atoms with Crippen molar-refractivity contribution in [3.8, 4) is 11.5 Å². The Bertz CT molecular complexity index is 821. The van der Waals surface area contributed by atoms with Crippen LogP contribution in [0.4, 0.5) is 0 Å². The molecule has 0 radical (unpaired) electrons. The number of nitrogens with zero attached hydrogens (tertiary/aromatic N) is 1. The second-order valence-corrected chi connectivity index (χ2v) is 8.53. The molecule has 0 saturated heterocycles. The number of hydrogen-bond donors (Lipinski definition) is 2. The van der Waals surface area contributed by atoms with Crippen molar-refractivity contribution >= 4 is 11.9 Å². The molecule has 2 N–H and O–H groups in total. The molecule has 1 aromatic rings. The molecule has 0 bridgehead atoms. The Morgan fingerprint density at radius 3 is 2.85 bits per heavy atom. The molecule has 0 amide bonds. The van der Waals surface area contributed by atoms with Crippen molar-refractivity contribution in [3.05, 3.63) is 29.3 Å². The third kappa shape index (κ3) is 2.60. The lowest BCUT2D eigenvalue weighted by Gasteiger charge is -2.51. The van der Waals surface area contributed by atoms with Gasteiger partial charge in [-0.05, 0) is 56.8 Å². The van der Waals surface area contributed by atoms with Crippen molar-refractivity contribution in [2.45, 2.75) is 49.2 Å². The summed E-state index contributed by atoms with van der Waals surface area (Å²) in [6, 6.07) is 3.46. The van der Waals surface area contributed by atoms with E-state index in [4.69, 9.17) is 4.74 Å². The van der Waals surface area contributed by atoms with Crippen LogP contribution >= 0.6 is 0 Å².